The lowest BCUT2D eigenvalue weighted by Gasteiger charge is -2.23. The maximum absolute atomic E-state index is 12.3. The van der Waals surface area contributed by atoms with Crippen molar-refractivity contribution in [3.8, 4) is 0 Å². The first-order valence-corrected chi connectivity index (χ1v) is 5.48. The average Bonchev–Trinajstić information content (AvgIpc) is 2.13. The molecule has 0 saturated carbocycles. The molecule has 1 aromatic rings. The van der Waals surface area contributed by atoms with E-state index in [1.54, 1.807) is 19.9 Å². The first-order chi connectivity index (χ1) is 8.10. The number of halogens is 3. The van der Waals surface area contributed by atoms with Crippen LogP contribution in [-0.2, 0) is 16.6 Å². The second kappa shape index (κ2) is 5.00. The monoisotopic (exact) mass is 260 g/mol. The number of carboxylic acid groups (broad SMARTS) is 1. The summed E-state index contributed by atoms with van der Waals surface area (Å²) in [6.45, 7) is 3.40. The Kier molecular flexibility index (Phi) is 4.04. The molecule has 5 heteroatoms. The molecule has 1 N–H and O–H groups in total. The summed E-state index contributed by atoms with van der Waals surface area (Å²) in [5.41, 5.74) is 0.0677. The van der Waals surface area contributed by atoms with E-state index in [1.165, 1.54) is 18.2 Å². The molecule has 1 aromatic carbocycles. The maximum atomic E-state index is 12.3. The van der Waals surface area contributed by atoms with Crippen molar-refractivity contribution in [1.29, 1.82) is 0 Å². The number of hydrogen-bond acceptors (Lipinski definition) is 1. The number of benzene rings is 1. The van der Waals surface area contributed by atoms with Gasteiger partial charge in [0.2, 0.25) is 0 Å². The zero-order chi connectivity index (χ0) is 14.0. The summed E-state index contributed by atoms with van der Waals surface area (Å²) in [6, 6.07) is 6.01. The highest BCUT2D eigenvalue weighted by atomic mass is 19.4. The van der Waals surface area contributed by atoms with Gasteiger partial charge >= 0.3 is 12.1 Å². The number of alkyl halides is 3. The minimum Gasteiger partial charge on any atom is -0.481 e. The number of rotatable bonds is 4. The van der Waals surface area contributed by atoms with Gasteiger partial charge in [-0.3, -0.25) is 4.79 Å². The molecule has 0 spiro atoms. The highest BCUT2D eigenvalue weighted by Crippen LogP contribution is 2.29. The number of carboxylic acids is 1. The molecule has 0 heterocycles. The second-order valence-corrected chi connectivity index (χ2v) is 4.95. The van der Waals surface area contributed by atoms with Crippen LogP contribution in [0.25, 0.3) is 0 Å². The number of aliphatic carboxylic acids is 1. The molecule has 0 saturated heterocycles. The molecule has 18 heavy (non-hydrogen) atoms. The highest BCUT2D eigenvalue weighted by Gasteiger charge is 2.29. The third kappa shape index (κ3) is 4.39. The Morgan fingerprint density at radius 2 is 1.89 bits per heavy atom. The second-order valence-electron chi connectivity index (χ2n) is 4.95. The lowest BCUT2D eigenvalue weighted by molar-refractivity contribution is -0.138. The SMILES string of the molecule is CC(C)(CC(=O)O)c1cccc(CC(F)(F)F)c1. The standard InChI is InChI=1S/C13H15F3O2/c1-12(2,8-11(17)18)10-5-3-4-9(6-10)7-13(14,15)16/h3-6H,7-8H2,1-2H3,(H,17,18). The Balaban J connectivity index is 2.97. The van der Waals surface area contributed by atoms with Gasteiger partial charge in [-0.15, -0.1) is 0 Å². The van der Waals surface area contributed by atoms with Crippen LogP contribution in [-0.4, -0.2) is 17.3 Å². The fraction of sp³-hybridized carbons (Fsp3) is 0.462. The van der Waals surface area contributed by atoms with Gasteiger partial charge in [0.25, 0.3) is 0 Å². The molecule has 0 amide bonds. The molecule has 0 aromatic heterocycles. The molecular weight excluding hydrogens is 245 g/mol. The summed E-state index contributed by atoms with van der Waals surface area (Å²) in [6.07, 6.45) is -5.37. The smallest absolute Gasteiger partial charge is 0.393 e. The molecule has 0 fully saturated rings. The van der Waals surface area contributed by atoms with E-state index in [4.69, 9.17) is 5.11 Å². The van der Waals surface area contributed by atoms with E-state index in [0.29, 0.717) is 5.56 Å². The van der Waals surface area contributed by atoms with Crippen molar-refractivity contribution in [2.24, 2.45) is 0 Å². The van der Waals surface area contributed by atoms with Gasteiger partial charge < -0.3 is 5.11 Å². The van der Waals surface area contributed by atoms with E-state index >= 15 is 0 Å². The van der Waals surface area contributed by atoms with E-state index in [2.05, 4.69) is 0 Å². The fourth-order valence-corrected chi connectivity index (χ4v) is 1.81. The lowest BCUT2D eigenvalue weighted by Crippen LogP contribution is -2.22. The van der Waals surface area contributed by atoms with Gasteiger partial charge in [0.1, 0.15) is 0 Å². The third-order valence-electron chi connectivity index (χ3n) is 2.71. The molecule has 0 aliphatic carbocycles. The minimum absolute atomic E-state index is 0.123. The Hall–Kier alpha value is -1.52. The predicted octanol–water partition coefficient (Wildman–Crippen LogP) is 3.54. The zero-order valence-corrected chi connectivity index (χ0v) is 10.2. The number of carbonyl (C=O) groups is 1. The summed E-state index contributed by atoms with van der Waals surface area (Å²) < 4.78 is 36.9. The van der Waals surface area contributed by atoms with Crippen molar-refractivity contribution < 1.29 is 23.1 Å². The van der Waals surface area contributed by atoms with Crippen molar-refractivity contribution in [2.75, 3.05) is 0 Å². The molecule has 0 bridgehead atoms. The van der Waals surface area contributed by atoms with Crippen molar-refractivity contribution in [1.82, 2.24) is 0 Å². The van der Waals surface area contributed by atoms with Crippen molar-refractivity contribution in [3.05, 3.63) is 35.4 Å². The summed E-state index contributed by atoms with van der Waals surface area (Å²) in [5.74, 6) is -0.971. The Morgan fingerprint density at radius 3 is 2.39 bits per heavy atom. The van der Waals surface area contributed by atoms with Gasteiger partial charge in [-0.1, -0.05) is 38.1 Å². The lowest BCUT2D eigenvalue weighted by atomic mass is 9.81. The molecule has 0 radical (unpaired) electrons. The van der Waals surface area contributed by atoms with E-state index in [0.717, 1.165) is 0 Å². The van der Waals surface area contributed by atoms with E-state index in [9.17, 15) is 18.0 Å². The average molecular weight is 260 g/mol. The van der Waals surface area contributed by atoms with Crippen LogP contribution < -0.4 is 0 Å². The maximum Gasteiger partial charge on any atom is 0.393 e. The largest absolute Gasteiger partial charge is 0.481 e. The zero-order valence-electron chi connectivity index (χ0n) is 10.2. The fourth-order valence-electron chi connectivity index (χ4n) is 1.81. The van der Waals surface area contributed by atoms with Crippen LogP contribution in [0.15, 0.2) is 24.3 Å². The van der Waals surface area contributed by atoms with Gasteiger partial charge in [-0.25, -0.2) is 0 Å². The molecule has 2 nitrogen and oxygen atoms in total. The van der Waals surface area contributed by atoms with Crippen LogP contribution in [0.2, 0.25) is 0 Å². The van der Waals surface area contributed by atoms with Crippen LogP contribution >= 0.6 is 0 Å². The number of hydrogen-bond donors (Lipinski definition) is 1. The highest BCUT2D eigenvalue weighted by molar-refractivity contribution is 5.68. The van der Waals surface area contributed by atoms with Crippen LogP contribution in [0.5, 0.6) is 0 Å². The first-order valence-electron chi connectivity index (χ1n) is 5.48. The van der Waals surface area contributed by atoms with E-state index in [-0.39, 0.29) is 12.0 Å². The Bertz CT molecular complexity index is 436. The van der Waals surface area contributed by atoms with Crippen LogP contribution in [0, 0.1) is 0 Å². The summed E-state index contributed by atoms with van der Waals surface area (Å²) >= 11 is 0. The summed E-state index contributed by atoms with van der Waals surface area (Å²) in [5, 5.41) is 8.79. The predicted molar refractivity (Wildman–Crippen MR) is 61.5 cm³/mol. The summed E-state index contributed by atoms with van der Waals surface area (Å²) in [4.78, 5) is 10.7. The van der Waals surface area contributed by atoms with E-state index < -0.39 is 24.0 Å². The molecule has 0 unspecified atom stereocenters. The van der Waals surface area contributed by atoms with E-state index in [1.807, 2.05) is 0 Å². The normalized spacial score (nSPS) is 12.5. The molecule has 0 atom stereocenters. The Labute approximate surface area is 103 Å². The third-order valence-corrected chi connectivity index (χ3v) is 2.71. The topological polar surface area (TPSA) is 37.3 Å². The quantitative estimate of drug-likeness (QED) is 0.899. The van der Waals surface area contributed by atoms with Crippen LogP contribution in [0.3, 0.4) is 0 Å². The molecule has 0 aliphatic rings. The Morgan fingerprint density at radius 1 is 1.28 bits per heavy atom. The molecule has 0 aliphatic heterocycles. The van der Waals surface area contributed by atoms with Crippen LogP contribution in [0.4, 0.5) is 13.2 Å². The minimum atomic E-state index is -4.25. The van der Waals surface area contributed by atoms with Gasteiger partial charge in [-0.2, -0.15) is 13.2 Å². The van der Waals surface area contributed by atoms with Gasteiger partial charge in [0, 0.05) is 5.41 Å². The summed E-state index contributed by atoms with van der Waals surface area (Å²) in [7, 11) is 0. The van der Waals surface area contributed by atoms with Crippen molar-refractivity contribution >= 4 is 5.97 Å². The van der Waals surface area contributed by atoms with Crippen molar-refractivity contribution in [3.63, 3.8) is 0 Å². The van der Waals surface area contributed by atoms with Crippen molar-refractivity contribution in [2.45, 2.75) is 38.3 Å². The van der Waals surface area contributed by atoms with Crippen LogP contribution in [0.1, 0.15) is 31.4 Å². The molecular formula is C13H15F3O2. The first kappa shape index (κ1) is 14.5. The van der Waals surface area contributed by atoms with Gasteiger partial charge in [-0.05, 0) is 11.1 Å². The molecule has 100 valence electrons. The van der Waals surface area contributed by atoms with Gasteiger partial charge in [0.15, 0.2) is 0 Å². The van der Waals surface area contributed by atoms with Gasteiger partial charge in [0.05, 0.1) is 12.8 Å². The molecule has 1 rings (SSSR count).